The van der Waals surface area contributed by atoms with Crippen LogP contribution in [0.15, 0.2) is 41.2 Å². The standard InChI is InChI=1S/C24H29N3O5/c1-4-32-24(31)18-9-6-12-27(14-18)21(28)15-26(3)23(30)19-10-11-20(25-22(19)29)17-8-5-7-16(2)13-17/h5,7-8,10-11,13,18H,4,6,9,12,14-15H2,1-3H3,(H,25,29). The lowest BCUT2D eigenvalue weighted by atomic mass is 9.98. The number of H-pyrrole nitrogens is 1. The highest BCUT2D eigenvalue weighted by Gasteiger charge is 2.30. The molecule has 8 nitrogen and oxygen atoms in total. The second-order valence-corrected chi connectivity index (χ2v) is 8.08. The Kier molecular flexibility index (Phi) is 7.45. The molecule has 1 saturated heterocycles. The third-order valence-corrected chi connectivity index (χ3v) is 5.58. The minimum absolute atomic E-state index is 0.0280. The Bertz CT molecular complexity index is 1060. The number of aryl methyl sites for hydroxylation is 1. The van der Waals surface area contributed by atoms with Crippen LogP contribution in [0.3, 0.4) is 0 Å². The van der Waals surface area contributed by atoms with Gasteiger partial charge < -0.3 is 19.5 Å². The third-order valence-electron chi connectivity index (χ3n) is 5.58. The Labute approximate surface area is 187 Å². The molecular formula is C24H29N3O5. The first kappa shape index (κ1) is 23.2. The van der Waals surface area contributed by atoms with Crippen molar-refractivity contribution in [3.05, 3.63) is 57.9 Å². The Morgan fingerprint density at radius 1 is 1.22 bits per heavy atom. The van der Waals surface area contributed by atoms with Gasteiger partial charge in [-0.25, -0.2) is 0 Å². The van der Waals surface area contributed by atoms with Gasteiger partial charge in [0.2, 0.25) is 5.91 Å². The fourth-order valence-electron chi connectivity index (χ4n) is 3.86. The van der Waals surface area contributed by atoms with Crippen molar-refractivity contribution >= 4 is 17.8 Å². The van der Waals surface area contributed by atoms with Crippen LogP contribution in [-0.2, 0) is 14.3 Å². The van der Waals surface area contributed by atoms with Crippen LogP contribution < -0.4 is 5.56 Å². The van der Waals surface area contributed by atoms with Crippen molar-refractivity contribution in [3.63, 3.8) is 0 Å². The SMILES string of the molecule is CCOC(=O)C1CCCN(C(=O)CN(C)C(=O)c2ccc(-c3cccc(C)c3)[nH]c2=O)C1. The summed E-state index contributed by atoms with van der Waals surface area (Å²) in [5, 5.41) is 0. The number of ether oxygens (including phenoxy) is 1. The number of likely N-dealkylation sites (N-methyl/N-ethyl adjacent to an activating group) is 1. The zero-order valence-corrected chi connectivity index (χ0v) is 18.7. The van der Waals surface area contributed by atoms with E-state index in [1.807, 2.05) is 31.2 Å². The predicted molar refractivity (Wildman–Crippen MR) is 120 cm³/mol. The molecule has 1 aliphatic rings. The maximum absolute atomic E-state index is 12.8. The predicted octanol–water partition coefficient (Wildman–Crippen LogP) is 2.22. The van der Waals surface area contributed by atoms with Gasteiger partial charge in [0.1, 0.15) is 5.56 Å². The van der Waals surface area contributed by atoms with E-state index in [1.54, 1.807) is 17.9 Å². The van der Waals surface area contributed by atoms with Gasteiger partial charge in [-0.15, -0.1) is 0 Å². The Hall–Kier alpha value is -3.42. The molecule has 1 fully saturated rings. The van der Waals surface area contributed by atoms with E-state index in [1.165, 1.54) is 18.0 Å². The molecule has 0 radical (unpaired) electrons. The number of carbonyl (C=O) groups excluding carboxylic acids is 3. The van der Waals surface area contributed by atoms with E-state index in [9.17, 15) is 19.2 Å². The van der Waals surface area contributed by atoms with E-state index in [4.69, 9.17) is 4.74 Å². The molecule has 0 bridgehead atoms. The highest BCUT2D eigenvalue weighted by Crippen LogP contribution is 2.19. The number of hydrogen-bond acceptors (Lipinski definition) is 5. The number of benzene rings is 1. The van der Waals surface area contributed by atoms with Gasteiger partial charge in [0.25, 0.3) is 11.5 Å². The zero-order chi connectivity index (χ0) is 23.3. The highest BCUT2D eigenvalue weighted by atomic mass is 16.5. The molecule has 0 spiro atoms. The van der Waals surface area contributed by atoms with Gasteiger partial charge in [-0.3, -0.25) is 19.2 Å². The van der Waals surface area contributed by atoms with Crippen LogP contribution >= 0.6 is 0 Å². The summed E-state index contributed by atoms with van der Waals surface area (Å²) in [6.07, 6.45) is 1.38. The number of hydrogen-bond donors (Lipinski definition) is 1. The number of rotatable bonds is 6. The summed E-state index contributed by atoms with van der Waals surface area (Å²) in [7, 11) is 1.49. The van der Waals surface area contributed by atoms with Crippen LogP contribution in [0.2, 0.25) is 0 Å². The number of nitrogens with one attached hydrogen (secondary N) is 1. The average Bonchev–Trinajstić information content (AvgIpc) is 2.78. The van der Waals surface area contributed by atoms with Crippen molar-refractivity contribution in [1.29, 1.82) is 0 Å². The molecule has 8 heteroatoms. The minimum Gasteiger partial charge on any atom is -0.466 e. The second kappa shape index (κ2) is 10.3. The van der Waals surface area contributed by atoms with Gasteiger partial charge >= 0.3 is 5.97 Å². The number of nitrogens with zero attached hydrogens (tertiary/aromatic N) is 2. The molecule has 2 heterocycles. The van der Waals surface area contributed by atoms with Gasteiger partial charge in [0.15, 0.2) is 0 Å². The zero-order valence-electron chi connectivity index (χ0n) is 18.7. The number of esters is 1. The Morgan fingerprint density at radius 2 is 2.00 bits per heavy atom. The number of aromatic amines is 1. The fraction of sp³-hybridized carbons (Fsp3) is 0.417. The van der Waals surface area contributed by atoms with Crippen molar-refractivity contribution in [1.82, 2.24) is 14.8 Å². The Balaban J connectivity index is 1.66. The summed E-state index contributed by atoms with van der Waals surface area (Å²) in [5.74, 6) is -1.43. The first-order valence-corrected chi connectivity index (χ1v) is 10.8. The summed E-state index contributed by atoms with van der Waals surface area (Å²) in [6, 6.07) is 10.9. The molecule has 2 aromatic rings. The van der Waals surface area contributed by atoms with Crippen LogP contribution in [0, 0.1) is 12.8 Å². The van der Waals surface area contributed by atoms with E-state index in [-0.39, 0.29) is 36.4 Å². The molecule has 0 aliphatic carbocycles. The van der Waals surface area contributed by atoms with Gasteiger partial charge in [-0.2, -0.15) is 0 Å². The second-order valence-electron chi connectivity index (χ2n) is 8.08. The molecule has 2 amide bonds. The Morgan fingerprint density at radius 3 is 2.69 bits per heavy atom. The van der Waals surface area contributed by atoms with Crippen LogP contribution in [0.25, 0.3) is 11.3 Å². The molecule has 0 saturated carbocycles. The molecule has 3 rings (SSSR count). The van der Waals surface area contributed by atoms with Gasteiger partial charge in [0.05, 0.1) is 19.1 Å². The number of aromatic nitrogens is 1. The number of amides is 2. The van der Waals surface area contributed by atoms with Crippen molar-refractivity contribution in [2.75, 3.05) is 33.3 Å². The largest absolute Gasteiger partial charge is 0.466 e. The quantitative estimate of drug-likeness (QED) is 0.696. The van der Waals surface area contributed by atoms with Crippen molar-refractivity contribution in [2.24, 2.45) is 5.92 Å². The van der Waals surface area contributed by atoms with E-state index >= 15 is 0 Å². The summed E-state index contributed by atoms with van der Waals surface area (Å²) in [5.41, 5.74) is 2.00. The molecule has 1 N–H and O–H groups in total. The maximum Gasteiger partial charge on any atom is 0.310 e. The van der Waals surface area contributed by atoms with Crippen LogP contribution in [0.1, 0.15) is 35.7 Å². The van der Waals surface area contributed by atoms with Gasteiger partial charge in [0, 0.05) is 25.8 Å². The van der Waals surface area contributed by atoms with E-state index in [0.29, 0.717) is 31.7 Å². The number of piperidine rings is 1. The number of likely N-dealkylation sites (tertiary alicyclic amines) is 1. The van der Waals surface area contributed by atoms with E-state index in [2.05, 4.69) is 4.98 Å². The number of carbonyl (C=O) groups is 3. The summed E-state index contributed by atoms with van der Waals surface area (Å²) in [6.45, 7) is 4.65. The van der Waals surface area contributed by atoms with Crippen LogP contribution in [-0.4, -0.2) is 65.9 Å². The molecule has 170 valence electrons. The lowest BCUT2D eigenvalue weighted by Gasteiger charge is -2.32. The molecule has 1 atom stereocenters. The van der Waals surface area contributed by atoms with Crippen molar-refractivity contribution in [2.45, 2.75) is 26.7 Å². The molecular weight excluding hydrogens is 410 g/mol. The topological polar surface area (TPSA) is 99.8 Å². The fourth-order valence-corrected chi connectivity index (χ4v) is 3.86. The first-order chi connectivity index (χ1) is 15.3. The molecule has 1 aromatic carbocycles. The molecule has 1 unspecified atom stereocenters. The molecule has 1 aliphatic heterocycles. The highest BCUT2D eigenvalue weighted by molar-refractivity contribution is 5.96. The molecule has 1 aromatic heterocycles. The first-order valence-electron chi connectivity index (χ1n) is 10.8. The monoisotopic (exact) mass is 439 g/mol. The van der Waals surface area contributed by atoms with Gasteiger partial charge in [-0.05, 0) is 50.5 Å². The van der Waals surface area contributed by atoms with Crippen molar-refractivity contribution < 1.29 is 19.1 Å². The normalized spacial score (nSPS) is 15.8. The average molecular weight is 440 g/mol. The van der Waals surface area contributed by atoms with E-state index < -0.39 is 11.5 Å². The minimum atomic E-state index is -0.533. The maximum atomic E-state index is 12.8. The van der Waals surface area contributed by atoms with Crippen LogP contribution in [0.4, 0.5) is 0 Å². The summed E-state index contributed by atoms with van der Waals surface area (Å²) in [4.78, 5) is 55.7. The van der Waals surface area contributed by atoms with Gasteiger partial charge in [-0.1, -0.05) is 23.8 Å². The number of pyridine rings is 1. The lowest BCUT2D eigenvalue weighted by molar-refractivity contribution is -0.151. The third kappa shape index (κ3) is 5.43. The molecule has 32 heavy (non-hydrogen) atoms. The summed E-state index contributed by atoms with van der Waals surface area (Å²) >= 11 is 0. The van der Waals surface area contributed by atoms with E-state index in [0.717, 1.165) is 11.1 Å². The smallest absolute Gasteiger partial charge is 0.310 e. The lowest BCUT2D eigenvalue weighted by Crippen LogP contribution is -2.47. The van der Waals surface area contributed by atoms with Crippen molar-refractivity contribution in [3.8, 4) is 11.3 Å². The van der Waals surface area contributed by atoms with Crippen LogP contribution in [0.5, 0.6) is 0 Å². The summed E-state index contributed by atoms with van der Waals surface area (Å²) < 4.78 is 5.07.